The fourth-order valence-electron chi connectivity index (χ4n) is 0.654. The Morgan fingerprint density at radius 3 is 2.80 bits per heavy atom. The van der Waals surface area contributed by atoms with Crippen LogP contribution in [0, 0.1) is 5.82 Å². The monoisotopic (exact) mass is 138 g/mol. The van der Waals surface area contributed by atoms with Crippen molar-refractivity contribution < 1.29 is 4.39 Å². The highest BCUT2D eigenvalue weighted by Gasteiger charge is 1.89. The minimum atomic E-state index is -0.287. The van der Waals surface area contributed by atoms with Crippen molar-refractivity contribution in [1.29, 1.82) is 0 Å². The lowest BCUT2D eigenvalue weighted by Gasteiger charge is -1.88. The van der Waals surface area contributed by atoms with Gasteiger partial charge in [0.2, 0.25) is 0 Å². The van der Waals surface area contributed by atoms with E-state index in [1.165, 1.54) is 12.1 Å². The number of hydrogen-bond acceptors (Lipinski definition) is 2. The molecule has 0 saturated heterocycles. The Kier molecular flexibility index (Phi) is 2.10. The molecule has 0 N–H and O–H groups in total. The molecule has 0 aliphatic carbocycles. The van der Waals surface area contributed by atoms with Crippen molar-refractivity contribution in [1.82, 2.24) is 0 Å². The summed E-state index contributed by atoms with van der Waals surface area (Å²) in [6, 6.07) is 5.98. The smallest absolute Gasteiger partial charge is 0.125 e. The summed E-state index contributed by atoms with van der Waals surface area (Å²) in [7, 11) is 1.55. The Labute approximate surface area is 58.4 Å². The Balaban J connectivity index is 2.95. The molecular formula is C7H7FN2. The van der Waals surface area contributed by atoms with Gasteiger partial charge in [-0.15, -0.1) is 0 Å². The highest BCUT2D eigenvalue weighted by Crippen LogP contribution is 2.12. The second-order valence-electron chi connectivity index (χ2n) is 1.78. The van der Waals surface area contributed by atoms with Gasteiger partial charge in [-0.1, -0.05) is 6.07 Å². The summed E-state index contributed by atoms with van der Waals surface area (Å²) in [6.45, 7) is 0. The van der Waals surface area contributed by atoms with E-state index in [4.69, 9.17) is 0 Å². The molecule has 1 aromatic carbocycles. The van der Waals surface area contributed by atoms with Crippen LogP contribution < -0.4 is 0 Å². The number of nitrogens with zero attached hydrogens (tertiary/aromatic N) is 2. The van der Waals surface area contributed by atoms with Gasteiger partial charge in [-0.3, -0.25) is 0 Å². The molecule has 0 bridgehead atoms. The minimum absolute atomic E-state index is 0.287. The molecule has 0 saturated carbocycles. The summed E-state index contributed by atoms with van der Waals surface area (Å²) in [5.74, 6) is -0.287. The SMILES string of the molecule is CN=Nc1cccc(F)c1. The second kappa shape index (κ2) is 3.06. The maximum absolute atomic E-state index is 12.4. The lowest BCUT2D eigenvalue weighted by atomic mass is 10.3. The van der Waals surface area contributed by atoms with Crippen molar-refractivity contribution >= 4 is 5.69 Å². The number of hydrogen-bond donors (Lipinski definition) is 0. The van der Waals surface area contributed by atoms with Gasteiger partial charge in [-0.25, -0.2) is 4.39 Å². The number of azo groups is 1. The molecule has 0 unspecified atom stereocenters. The highest BCUT2D eigenvalue weighted by molar-refractivity contribution is 5.35. The summed E-state index contributed by atoms with van der Waals surface area (Å²) in [5, 5.41) is 7.16. The van der Waals surface area contributed by atoms with Gasteiger partial charge in [0, 0.05) is 13.1 Å². The molecule has 0 aromatic heterocycles. The lowest BCUT2D eigenvalue weighted by molar-refractivity contribution is 0.628. The maximum atomic E-state index is 12.4. The molecule has 10 heavy (non-hydrogen) atoms. The van der Waals surface area contributed by atoms with Crippen LogP contribution in [0.3, 0.4) is 0 Å². The van der Waals surface area contributed by atoms with E-state index >= 15 is 0 Å². The second-order valence-corrected chi connectivity index (χ2v) is 1.78. The van der Waals surface area contributed by atoms with Gasteiger partial charge < -0.3 is 0 Å². The van der Waals surface area contributed by atoms with Gasteiger partial charge in [0.25, 0.3) is 0 Å². The third-order valence-electron chi connectivity index (χ3n) is 1.02. The average molecular weight is 138 g/mol. The van der Waals surface area contributed by atoms with Gasteiger partial charge >= 0.3 is 0 Å². The predicted octanol–water partition coefficient (Wildman–Crippen LogP) is 2.54. The van der Waals surface area contributed by atoms with E-state index in [9.17, 15) is 4.39 Å². The number of benzene rings is 1. The van der Waals surface area contributed by atoms with E-state index in [-0.39, 0.29) is 5.82 Å². The zero-order chi connectivity index (χ0) is 7.40. The van der Waals surface area contributed by atoms with E-state index in [1.54, 1.807) is 19.2 Å². The van der Waals surface area contributed by atoms with Crippen LogP contribution in [-0.4, -0.2) is 7.05 Å². The quantitative estimate of drug-likeness (QED) is 0.533. The van der Waals surface area contributed by atoms with Gasteiger partial charge in [-0.2, -0.15) is 10.2 Å². The number of rotatable bonds is 1. The first-order valence-electron chi connectivity index (χ1n) is 2.88. The largest absolute Gasteiger partial charge is 0.207 e. The van der Waals surface area contributed by atoms with Crippen LogP contribution >= 0.6 is 0 Å². The third-order valence-corrected chi connectivity index (χ3v) is 1.02. The summed E-state index contributed by atoms with van der Waals surface area (Å²) in [4.78, 5) is 0. The van der Waals surface area contributed by atoms with Crippen LogP contribution in [0.1, 0.15) is 0 Å². The maximum Gasteiger partial charge on any atom is 0.125 e. The summed E-state index contributed by atoms with van der Waals surface area (Å²) in [5.41, 5.74) is 0.544. The topological polar surface area (TPSA) is 24.7 Å². The molecule has 3 heteroatoms. The molecular weight excluding hydrogens is 131 g/mol. The van der Waals surface area contributed by atoms with Crippen LogP contribution in [-0.2, 0) is 0 Å². The lowest BCUT2D eigenvalue weighted by Crippen LogP contribution is -1.68. The van der Waals surface area contributed by atoms with Gasteiger partial charge in [0.05, 0.1) is 5.69 Å². The van der Waals surface area contributed by atoms with Crippen molar-refractivity contribution in [2.24, 2.45) is 10.2 Å². The van der Waals surface area contributed by atoms with Crippen molar-refractivity contribution in [2.75, 3.05) is 7.05 Å². The molecule has 0 aliphatic rings. The zero-order valence-electron chi connectivity index (χ0n) is 5.58. The fraction of sp³-hybridized carbons (Fsp3) is 0.143. The molecule has 0 fully saturated rings. The van der Waals surface area contributed by atoms with Crippen molar-refractivity contribution in [3.63, 3.8) is 0 Å². The molecule has 0 heterocycles. The molecule has 0 spiro atoms. The van der Waals surface area contributed by atoms with Crippen molar-refractivity contribution in [2.45, 2.75) is 0 Å². The van der Waals surface area contributed by atoms with Crippen LogP contribution in [0.15, 0.2) is 34.5 Å². The van der Waals surface area contributed by atoms with Gasteiger partial charge in [0.1, 0.15) is 5.82 Å². The van der Waals surface area contributed by atoms with E-state index in [1.807, 2.05) is 0 Å². The van der Waals surface area contributed by atoms with Crippen LogP contribution in [0.2, 0.25) is 0 Å². The molecule has 0 radical (unpaired) electrons. The third kappa shape index (κ3) is 1.62. The van der Waals surface area contributed by atoms with Gasteiger partial charge in [-0.05, 0) is 12.1 Å². The van der Waals surface area contributed by atoms with Crippen molar-refractivity contribution in [3.05, 3.63) is 30.1 Å². The van der Waals surface area contributed by atoms with Crippen molar-refractivity contribution in [3.8, 4) is 0 Å². The van der Waals surface area contributed by atoms with E-state index < -0.39 is 0 Å². The molecule has 0 aliphatic heterocycles. The van der Waals surface area contributed by atoms with E-state index in [0.717, 1.165) is 0 Å². The fourth-order valence-corrected chi connectivity index (χ4v) is 0.654. The van der Waals surface area contributed by atoms with Crippen LogP contribution in [0.4, 0.5) is 10.1 Å². The average Bonchev–Trinajstić information content (AvgIpc) is 1.88. The molecule has 0 amide bonds. The van der Waals surface area contributed by atoms with E-state index in [2.05, 4.69) is 10.2 Å². The molecule has 0 atom stereocenters. The Bertz CT molecular complexity index is 245. The summed E-state index contributed by atoms with van der Waals surface area (Å²) < 4.78 is 12.4. The van der Waals surface area contributed by atoms with Crippen LogP contribution in [0.5, 0.6) is 0 Å². The Morgan fingerprint density at radius 2 is 2.20 bits per heavy atom. The zero-order valence-corrected chi connectivity index (χ0v) is 5.58. The highest BCUT2D eigenvalue weighted by atomic mass is 19.1. The number of halogens is 1. The molecule has 1 aromatic rings. The summed E-state index contributed by atoms with van der Waals surface area (Å²) >= 11 is 0. The van der Waals surface area contributed by atoms with Crippen LogP contribution in [0.25, 0.3) is 0 Å². The van der Waals surface area contributed by atoms with Gasteiger partial charge in [0.15, 0.2) is 0 Å². The first-order chi connectivity index (χ1) is 4.83. The molecule has 2 nitrogen and oxygen atoms in total. The molecule has 52 valence electrons. The first-order valence-corrected chi connectivity index (χ1v) is 2.88. The normalized spacial score (nSPS) is 10.6. The predicted molar refractivity (Wildman–Crippen MR) is 36.8 cm³/mol. The summed E-state index contributed by atoms with van der Waals surface area (Å²) in [6.07, 6.45) is 0. The van der Waals surface area contributed by atoms with E-state index in [0.29, 0.717) is 5.69 Å². The first kappa shape index (κ1) is 6.86. The standard InChI is InChI=1S/C7H7FN2/c1-9-10-7-4-2-3-6(8)5-7/h2-5H,1H3. The molecule has 1 rings (SSSR count). The Hall–Kier alpha value is -1.25. The minimum Gasteiger partial charge on any atom is -0.207 e. The Morgan fingerprint density at radius 1 is 1.40 bits per heavy atom.